The zero-order valence-electron chi connectivity index (χ0n) is 26.5. The fourth-order valence-electron chi connectivity index (χ4n) is 11.4. The largest absolute Gasteiger partial charge is 0.342 e. The van der Waals surface area contributed by atoms with E-state index in [0.717, 1.165) is 76.5 Å². The van der Waals surface area contributed by atoms with E-state index in [0.29, 0.717) is 5.91 Å². The number of likely N-dealkylation sites (tertiary alicyclic amines) is 1. The molecule has 0 aromatic carbocycles. The molecule has 41 heavy (non-hydrogen) atoms. The van der Waals surface area contributed by atoms with Crippen LogP contribution in [0, 0.1) is 61.6 Å². The van der Waals surface area contributed by atoms with E-state index >= 15 is 0 Å². The Labute approximate surface area is 247 Å². The van der Waals surface area contributed by atoms with Crippen LogP contribution in [0.1, 0.15) is 113 Å². The molecule has 6 rings (SSSR count). The minimum atomic E-state index is -0.659. The lowest BCUT2D eigenvalue weighted by molar-refractivity contribution is -0.184. The second-order valence-electron chi connectivity index (χ2n) is 16.8. The molecule has 5 nitrogen and oxygen atoms in total. The molecule has 0 aromatic rings. The Morgan fingerprint density at radius 1 is 0.927 bits per heavy atom. The molecule has 2 unspecified atom stereocenters. The van der Waals surface area contributed by atoms with Crippen molar-refractivity contribution in [3.63, 3.8) is 0 Å². The maximum absolute atomic E-state index is 14.7. The number of carbonyl (C=O) groups is 3. The summed E-state index contributed by atoms with van der Waals surface area (Å²) in [6.45, 7) is 17.3. The van der Waals surface area contributed by atoms with Gasteiger partial charge in [-0.15, -0.1) is 0 Å². The average molecular weight is 559 g/mol. The fourth-order valence-corrected chi connectivity index (χ4v) is 11.4. The number of fused-ring (bicyclic) bond motifs is 7. The SMILES string of the molecule is CC1(C)CC[C@]2(C(=O)N3CCCCC3)CC[C@]3(C)C(C(=O)C=C4[C@@]5(C)C=C(C#N)C(=O)C(C)(C)[C@@H]5CC[C@]43C)C2C1. The first-order valence-electron chi connectivity index (χ1n) is 16.3. The van der Waals surface area contributed by atoms with Gasteiger partial charge in [-0.05, 0) is 98.4 Å². The van der Waals surface area contributed by atoms with Gasteiger partial charge in [-0.25, -0.2) is 0 Å². The summed E-state index contributed by atoms with van der Waals surface area (Å²) in [6.07, 6.45) is 13.6. The molecule has 5 heteroatoms. The Bertz CT molecular complexity index is 1310. The molecule has 0 aromatic heterocycles. The second kappa shape index (κ2) is 8.90. The molecule has 1 saturated heterocycles. The summed E-state index contributed by atoms with van der Waals surface area (Å²) in [5, 5.41) is 9.95. The van der Waals surface area contributed by atoms with Crippen molar-refractivity contribution in [3.05, 3.63) is 23.3 Å². The molecule has 0 bridgehead atoms. The van der Waals surface area contributed by atoms with Gasteiger partial charge in [0.2, 0.25) is 5.91 Å². The predicted molar refractivity (Wildman–Crippen MR) is 159 cm³/mol. The minimum Gasteiger partial charge on any atom is -0.342 e. The van der Waals surface area contributed by atoms with Gasteiger partial charge in [0.25, 0.3) is 0 Å². The van der Waals surface area contributed by atoms with Crippen LogP contribution in [-0.4, -0.2) is 35.5 Å². The van der Waals surface area contributed by atoms with Gasteiger partial charge in [-0.1, -0.05) is 60.1 Å². The third-order valence-corrected chi connectivity index (χ3v) is 13.9. The monoisotopic (exact) mass is 558 g/mol. The van der Waals surface area contributed by atoms with Gasteiger partial charge in [-0.3, -0.25) is 14.4 Å². The Balaban J connectivity index is 1.49. The van der Waals surface area contributed by atoms with Crippen molar-refractivity contribution in [1.82, 2.24) is 4.90 Å². The molecule has 4 fully saturated rings. The molecule has 0 radical (unpaired) electrons. The van der Waals surface area contributed by atoms with Gasteiger partial charge in [0.1, 0.15) is 6.07 Å². The number of ketones is 2. The third-order valence-electron chi connectivity index (χ3n) is 13.9. The van der Waals surface area contributed by atoms with E-state index < -0.39 is 16.2 Å². The highest BCUT2D eigenvalue weighted by Crippen LogP contribution is 2.74. The first kappa shape index (κ1) is 28.9. The number of Topliss-reactive ketones (excluding diaryl/α,β-unsaturated/α-hetero) is 1. The lowest BCUT2D eigenvalue weighted by Crippen LogP contribution is -2.66. The normalized spacial score (nSPS) is 44.7. The first-order chi connectivity index (χ1) is 19.1. The molecule has 7 atom stereocenters. The van der Waals surface area contributed by atoms with Gasteiger partial charge < -0.3 is 4.90 Å². The summed E-state index contributed by atoms with van der Waals surface area (Å²) in [5.41, 5.74) is -0.684. The first-order valence-corrected chi connectivity index (χ1v) is 16.3. The van der Waals surface area contributed by atoms with E-state index in [1.165, 1.54) is 6.42 Å². The smallest absolute Gasteiger partial charge is 0.229 e. The highest BCUT2D eigenvalue weighted by Gasteiger charge is 2.71. The quantitative estimate of drug-likeness (QED) is 0.340. The number of amides is 1. The van der Waals surface area contributed by atoms with Gasteiger partial charge >= 0.3 is 0 Å². The molecule has 3 saturated carbocycles. The number of piperidine rings is 1. The van der Waals surface area contributed by atoms with Gasteiger partial charge in [0.05, 0.1) is 11.0 Å². The summed E-state index contributed by atoms with van der Waals surface area (Å²) >= 11 is 0. The molecular weight excluding hydrogens is 508 g/mol. The summed E-state index contributed by atoms with van der Waals surface area (Å²) < 4.78 is 0. The lowest BCUT2D eigenvalue weighted by Gasteiger charge is -2.69. The van der Waals surface area contributed by atoms with Crippen LogP contribution in [0.2, 0.25) is 0 Å². The van der Waals surface area contributed by atoms with E-state index in [2.05, 4.69) is 45.6 Å². The van der Waals surface area contributed by atoms with Crippen LogP contribution in [0.25, 0.3) is 0 Å². The topological polar surface area (TPSA) is 78.2 Å². The Morgan fingerprint density at radius 3 is 2.24 bits per heavy atom. The maximum Gasteiger partial charge on any atom is 0.229 e. The van der Waals surface area contributed by atoms with Crippen LogP contribution < -0.4 is 0 Å². The zero-order chi connectivity index (χ0) is 29.8. The van der Waals surface area contributed by atoms with Crippen molar-refractivity contribution in [1.29, 1.82) is 5.26 Å². The number of allylic oxidation sites excluding steroid dienone is 4. The van der Waals surface area contributed by atoms with Crippen molar-refractivity contribution in [2.45, 2.75) is 113 Å². The summed E-state index contributed by atoms with van der Waals surface area (Å²) in [7, 11) is 0. The van der Waals surface area contributed by atoms with E-state index in [-0.39, 0.29) is 51.1 Å². The van der Waals surface area contributed by atoms with Crippen molar-refractivity contribution in [2.24, 2.45) is 50.2 Å². The number of hydrogen-bond acceptors (Lipinski definition) is 4. The summed E-state index contributed by atoms with van der Waals surface area (Å²) in [4.78, 5) is 44.6. The Hall–Kier alpha value is -2.22. The molecule has 222 valence electrons. The molecular formula is C36H50N2O3. The predicted octanol–water partition coefficient (Wildman–Crippen LogP) is 7.22. The second-order valence-corrected chi connectivity index (χ2v) is 16.8. The van der Waals surface area contributed by atoms with Gasteiger partial charge in [-0.2, -0.15) is 5.26 Å². The number of carbonyl (C=O) groups excluding carboxylic acids is 3. The number of hydrogen-bond donors (Lipinski definition) is 0. The average Bonchev–Trinajstić information content (AvgIpc) is 2.92. The van der Waals surface area contributed by atoms with Crippen LogP contribution >= 0.6 is 0 Å². The van der Waals surface area contributed by atoms with E-state index in [4.69, 9.17) is 0 Å². The maximum atomic E-state index is 14.7. The highest BCUT2D eigenvalue weighted by atomic mass is 16.2. The van der Waals surface area contributed by atoms with Crippen molar-refractivity contribution in [3.8, 4) is 6.07 Å². The Morgan fingerprint density at radius 2 is 1.59 bits per heavy atom. The standard InChI is InChI=1S/C36H50N2O3/c1-31(2)13-15-36(30(41)38-17-9-8-10-18-38)16-14-35(7)28(24(36)21-31)25(39)19-27-33(5)20-23(22-37)29(40)32(3,4)26(33)11-12-34(27,35)6/h19-20,24,26,28H,8-18,21H2,1-7H3/t24?,26-,28?,33-,34+,35+,36-/m0/s1. The van der Waals surface area contributed by atoms with Gasteiger partial charge in [0.15, 0.2) is 11.6 Å². The molecule has 5 aliphatic carbocycles. The third kappa shape index (κ3) is 3.67. The highest BCUT2D eigenvalue weighted by molar-refractivity contribution is 6.04. The molecule has 6 aliphatic rings. The summed E-state index contributed by atoms with van der Waals surface area (Å²) in [5.74, 6) is 0.349. The van der Waals surface area contributed by atoms with Crippen LogP contribution in [0.4, 0.5) is 0 Å². The van der Waals surface area contributed by atoms with Gasteiger partial charge in [0, 0.05) is 29.8 Å². The Kier molecular flexibility index (Phi) is 6.27. The molecule has 1 aliphatic heterocycles. The number of nitrogens with zero attached hydrogens (tertiary/aromatic N) is 2. The van der Waals surface area contributed by atoms with Crippen molar-refractivity contribution in [2.75, 3.05) is 13.1 Å². The zero-order valence-corrected chi connectivity index (χ0v) is 26.5. The van der Waals surface area contributed by atoms with E-state index in [9.17, 15) is 19.6 Å². The van der Waals surface area contributed by atoms with Crippen LogP contribution in [0.3, 0.4) is 0 Å². The van der Waals surface area contributed by atoms with Crippen LogP contribution in [0.15, 0.2) is 23.3 Å². The molecule has 1 amide bonds. The number of nitriles is 1. The fraction of sp³-hybridized carbons (Fsp3) is 0.778. The summed E-state index contributed by atoms with van der Waals surface area (Å²) in [6, 6.07) is 2.20. The minimum absolute atomic E-state index is 0.0432. The van der Waals surface area contributed by atoms with E-state index in [1.54, 1.807) is 0 Å². The number of rotatable bonds is 1. The lowest BCUT2D eigenvalue weighted by atomic mass is 9.34. The van der Waals surface area contributed by atoms with E-state index in [1.807, 2.05) is 26.0 Å². The molecule has 1 heterocycles. The van der Waals surface area contributed by atoms with Crippen molar-refractivity contribution >= 4 is 17.5 Å². The van der Waals surface area contributed by atoms with Crippen LogP contribution in [-0.2, 0) is 14.4 Å². The van der Waals surface area contributed by atoms with Crippen molar-refractivity contribution < 1.29 is 14.4 Å². The molecule has 0 N–H and O–H groups in total. The van der Waals surface area contributed by atoms with Crippen LogP contribution in [0.5, 0.6) is 0 Å². The molecule has 0 spiro atoms.